The number of ether oxygens (including phenoxy) is 2. The first-order valence-electron chi connectivity index (χ1n) is 11.6. The number of anilines is 2. The summed E-state index contributed by atoms with van der Waals surface area (Å²) in [6.07, 6.45) is 1.42. The molecule has 1 aliphatic carbocycles. The minimum Gasteiger partial charge on any atom is -0.495 e. The maximum absolute atomic E-state index is 12.6. The lowest BCUT2D eigenvalue weighted by molar-refractivity contribution is -0.130. The molecule has 8 nitrogen and oxygen atoms in total. The Labute approximate surface area is 222 Å². The van der Waals surface area contributed by atoms with Crippen LogP contribution in [0.2, 0.25) is 0 Å². The van der Waals surface area contributed by atoms with Crippen LogP contribution in [0.5, 0.6) is 11.5 Å². The van der Waals surface area contributed by atoms with Crippen molar-refractivity contribution in [1.82, 2.24) is 10.6 Å². The number of thiocarbonyl (C=S) groups is 2. The third-order valence-corrected chi connectivity index (χ3v) is 7.16. The van der Waals surface area contributed by atoms with Gasteiger partial charge in [0.05, 0.1) is 25.6 Å². The van der Waals surface area contributed by atoms with E-state index in [0.29, 0.717) is 35.7 Å². The summed E-state index contributed by atoms with van der Waals surface area (Å²) in [5.74, 6) is 1.23. The van der Waals surface area contributed by atoms with Crippen molar-refractivity contribution in [1.29, 1.82) is 0 Å². The van der Waals surface area contributed by atoms with Crippen LogP contribution in [0.4, 0.5) is 11.4 Å². The molecule has 2 atom stereocenters. The van der Waals surface area contributed by atoms with Gasteiger partial charge in [0.2, 0.25) is 11.8 Å². The number of nitrogens with one attached hydrogen (secondary N) is 4. The summed E-state index contributed by atoms with van der Waals surface area (Å²) in [5, 5.41) is 11.9. The highest BCUT2D eigenvalue weighted by molar-refractivity contribution is 7.80. The number of amides is 2. The van der Waals surface area contributed by atoms with Crippen molar-refractivity contribution in [2.24, 2.45) is 17.3 Å². The van der Waals surface area contributed by atoms with Crippen molar-refractivity contribution in [3.05, 3.63) is 48.5 Å². The lowest BCUT2D eigenvalue weighted by atomic mass is 9.53. The van der Waals surface area contributed by atoms with Gasteiger partial charge in [0.25, 0.3) is 0 Å². The minimum absolute atomic E-state index is 0.142. The van der Waals surface area contributed by atoms with Crippen molar-refractivity contribution >= 4 is 57.8 Å². The van der Waals surface area contributed by atoms with E-state index in [9.17, 15) is 9.59 Å². The molecule has 192 valence electrons. The SMILES string of the molecule is COc1ccccc1NC(=S)NC(=O)CC1CC(CC(=O)NC(=S)Nc2ccccc2OC)C1(C)C. The molecule has 0 spiro atoms. The highest BCUT2D eigenvalue weighted by Gasteiger charge is 2.49. The van der Waals surface area contributed by atoms with E-state index >= 15 is 0 Å². The van der Waals surface area contributed by atoms with Crippen LogP contribution in [0.3, 0.4) is 0 Å². The fourth-order valence-electron chi connectivity index (χ4n) is 4.42. The Kier molecular flexibility index (Phi) is 9.22. The van der Waals surface area contributed by atoms with Crippen molar-refractivity contribution in [2.75, 3.05) is 24.9 Å². The molecule has 2 amide bonds. The van der Waals surface area contributed by atoms with E-state index in [4.69, 9.17) is 33.9 Å². The van der Waals surface area contributed by atoms with Gasteiger partial charge in [0.15, 0.2) is 10.2 Å². The van der Waals surface area contributed by atoms with Gasteiger partial charge in [-0.25, -0.2) is 0 Å². The first-order chi connectivity index (χ1) is 17.1. The van der Waals surface area contributed by atoms with E-state index in [1.54, 1.807) is 26.4 Å². The quantitative estimate of drug-likeness (QED) is 0.373. The maximum Gasteiger partial charge on any atom is 0.226 e. The molecule has 4 N–H and O–H groups in total. The average molecular weight is 529 g/mol. The van der Waals surface area contributed by atoms with Crippen LogP contribution in [-0.2, 0) is 9.59 Å². The fourth-order valence-corrected chi connectivity index (χ4v) is 4.87. The van der Waals surface area contributed by atoms with Gasteiger partial charge in [-0.15, -0.1) is 0 Å². The Morgan fingerprint density at radius 3 is 1.56 bits per heavy atom. The zero-order chi connectivity index (χ0) is 26.3. The summed E-state index contributed by atoms with van der Waals surface area (Å²) in [5.41, 5.74) is 1.18. The van der Waals surface area contributed by atoms with Crippen molar-refractivity contribution < 1.29 is 19.1 Å². The molecule has 36 heavy (non-hydrogen) atoms. The second-order valence-corrected chi connectivity index (χ2v) is 10.1. The van der Waals surface area contributed by atoms with Gasteiger partial charge < -0.3 is 30.7 Å². The minimum atomic E-state index is -0.177. The number of rotatable bonds is 8. The first-order valence-corrected chi connectivity index (χ1v) is 12.4. The molecule has 2 aromatic carbocycles. The number of carbonyl (C=O) groups is 2. The largest absolute Gasteiger partial charge is 0.495 e. The second-order valence-electron chi connectivity index (χ2n) is 9.26. The predicted octanol–water partition coefficient (Wildman–Crippen LogP) is 4.47. The number of methoxy groups -OCH3 is 2. The second kappa shape index (κ2) is 12.1. The third-order valence-electron chi connectivity index (χ3n) is 6.75. The van der Waals surface area contributed by atoms with Gasteiger partial charge in [0.1, 0.15) is 11.5 Å². The Hall–Kier alpha value is -3.24. The molecule has 0 aromatic heterocycles. The molecule has 0 radical (unpaired) electrons. The predicted molar refractivity (Wildman–Crippen MR) is 149 cm³/mol. The summed E-state index contributed by atoms with van der Waals surface area (Å²) in [6, 6.07) is 14.7. The molecule has 1 saturated carbocycles. The number of hydrogen-bond acceptors (Lipinski definition) is 6. The van der Waals surface area contributed by atoms with Crippen molar-refractivity contribution in [2.45, 2.75) is 33.1 Å². The number of benzene rings is 2. The Morgan fingerprint density at radius 1 is 0.806 bits per heavy atom. The maximum atomic E-state index is 12.6. The molecule has 0 aliphatic heterocycles. The molecule has 0 heterocycles. The Morgan fingerprint density at radius 2 is 1.19 bits per heavy atom. The molecule has 1 fully saturated rings. The van der Waals surface area contributed by atoms with Gasteiger partial charge in [-0.2, -0.15) is 0 Å². The number of hydrogen-bond donors (Lipinski definition) is 4. The summed E-state index contributed by atoms with van der Waals surface area (Å²) in [6.45, 7) is 4.17. The number of para-hydroxylation sites is 4. The summed E-state index contributed by atoms with van der Waals surface area (Å²) in [4.78, 5) is 25.2. The van der Waals surface area contributed by atoms with Crippen molar-refractivity contribution in [3.8, 4) is 11.5 Å². The summed E-state index contributed by atoms with van der Waals surface area (Å²) < 4.78 is 10.6. The highest BCUT2D eigenvalue weighted by Crippen LogP contribution is 2.54. The molecular formula is C26H32N4O4S2. The van der Waals surface area contributed by atoms with E-state index in [1.807, 2.05) is 36.4 Å². The summed E-state index contributed by atoms with van der Waals surface area (Å²) >= 11 is 10.6. The standard InChI is InChI=1S/C26H32N4O4S2/c1-26(2)16(14-22(31)29-24(35)27-18-9-5-7-11-20(18)33-3)13-17(26)15-23(32)30-25(36)28-19-10-6-8-12-21(19)34-4/h5-12,16-17H,13-15H2,1-4H3,(H2,27,29,31,35)(H2,28,30,32,36). The Bertz CT molecular complexity index is 1050. The topological polar surface area (TPSA) is 101 Å². The van der Waals surface area contributed by atoms with Crippen LogP contribution in [0.15, 0.2) is 48.5 Å². The van der Waals surface area contributed by atoms with Crippen LogP contribution >= 0.6 is 24.4 Å². The van der Waals surface area contributed by atoms with Crippen LogP contribution < -0.4 is 30.7 Å². The first kappa shape index (κ1) is 27.3. The fraction of sp³-hybridized carbons (Fsp3) is 0.385. The van der Waals surface area contributed by atoms with Crippen LogP contribution in [0, 0.1) is 17.3 Å². The van der Waals surface area contributed by atoms with Gasteiger partial charge >= 0.3 is 0 Å². The highest BCUT2D eigenvalue weighted by atomic mass is 32.1. The molecule has 3 rings (SSSR count). The van der Waals surface area contributed by atoms with E-state index in [-0.39, 0.29) is 39.3 Å². The zero-order valence-corrected chi connectivity index (χ0v) is 22.5. The molecule has 0 bridgehead atoms. The third kappa shape index (κ3) is 6.92. The molecule has 2 aromatic rings. The number of carbonyl (C=O) groups excluding carboxylic acids is 2. The molecule has 1 aliphatic rings. The van der Waals surface area contributed by atoms with Gasteiger partial charge in [0, 0.05) is 12.8 Å². The lowest BCUT2D eigenvalue weighted by Crippen LogP contribution is -2.49. The lowest BCUT2D eigenvalue weighted by Gasteiger charge is -2.52. The van der Waals surface area contributed by atoms with E-state index in [1.165, 1.54) is 0 Å². The monoisotopic (exact) mass is 528 g/mol. The van der Waals surface area contributed by atoms with Crippen LogP contribution in [0.1, 0.15) is 33.1 Å². The molecule has 2 unspecified atom stereocenters. The average Bonchev–Trinajstić information content (AvgIpc) is 2.83. The zero-order valence-electron chi connectivity index (χ0n) is 20.8. The molecule has 0 saturated heterocycles. The van der Waals surface area contributed by atoms with Crippen molar-refractivity contribution in [3.63, 3.8) is 0 Å². The molecular weight excluding hydrogens is 496 g/mol. The van der Waals surface area contributed by atoms with E-state index in [2.05, 4.69) is 35.1 Å². The van der Waals surface area contributed by atoms with Gasteiger partial charge in [-0.3, -0.25) is 9.59 Å². The Balaban J connectivity index is 1.44. The molecule has 10 heteroatoms. The smallest absolute Gasteiger partial charge is 0.226 e. The van der Waals surface area contributed by atoms with E-state index in [0.717, 1.165) is 6.42 Å². The summed E-state index contributed by atoms with van der Waals surface area (Å²) in [7, 11) is 3.14. The van der Waals surface area contributed by atoms with E-state index < -0.39 is 0 Å². The van der Waals surface area contributed by atoms with Crippen LogP contribution in [0.25, 0.3) is 0 Å². The van der Waals surface area contributed by atoms with Gasteiger partial charge in [-0.1, -0.05) is 38.1 Å². The van der Waals surface area contributed by atoms with Gasteiger partial charge in [-0.05, 0) is 72.4 Å². The van der Waals surface area contributed by atoms with Crippen LogP contribution in [-0.4, -0.2) is 36.3 Å². The normalized spacial score (nSPS) is 17.7.